The molecular weight excluding hydrogens is 416 g/mol. The summed E-state index contributed by atoms with van der Waals surface area (Å²) in [5.41, 5.74) is 2.27. The van der Waals surface area contributed by atoms with Gasteiger partial charge in [0.25, 0.3) is 5.91 Å². The van der Waals surface area contributed by atoms with Crippen molar-refractivity contribution in [1.29, 1.82) is 0 Å². The normalized spacial score (nSPS) is 16.0. The minimum atomic E-state index is -0.211. The number of pyridine rings is 1. The molecule has 1 fully saturated rings. The lowest BCUT2D eigenvalue weighted by molar-refractivity contribution is -0.128. The minimum Gasteiger partial charge on any atom is -0.363 e. The molecule has 0 radical (unpaired) electrons. The summed E-state index contributed by atoms with van der Waals surface area (Å²) >= 11 is 0. The lowest BCUT2D eigenvalue weighted by Gasteiger charge is -2.35. The third-order valence-electron chi connectivity index (χ3n) is 6.09. The Morgan fingerprint density at radius 2 is 1.91 bits per heavy atom. The van der Waals surface area contributed by atoms with Crippen LogP contribution in [0, 0.1) is 0 Å². The number of rotatable bonds is 5. The van der Waals surface area contributed by atoms with Crippen LogP contribution in [0.15, 0.2) is 42.6 Å². The molecule has 2 amide bonds. The fourth-order valence-electron chi connectivity index (χ4n) is 4.13. The number of nitrogens with zero attached hydrogens (tertiary/aromatic N) is 6. The Hall–Kier alpha value is -3.55. The number of amides is 2. The van der Waals surface area contributed by atoms with E-state index in [2.05, 4.69) is 4.98 Å². The van der Waals surface area contributed by atoms with Crippen molar-refractivity contribution in [1.82, 2.24) is 24.8 Å². The maximum atomic E-state index is 13.6. The van der Waals surface area contributed by atoms with Gasteiger partial charge in [-0.15, -0.1) is 0 Å². The second-order valence-corrected chi connectivity index (χ2v) is 8.77. The average molecular weight is 447 g/mol. The van der Waals surface area contributed by atoms with Gasteiger partial charge in [-0.1, -0.05) is 6.07 Å². The van der Waals surface area contributed by atoms with Crippen LogP contribution in [-0.4, -0.2) is 64.3 Å². The summed E-state index contributed by atoms with van der Waals surface area (Å²) in [5, 5.41) is 0.942. The number of anilines is 1. The van der Waals surface area contributed by atoms with Crippen LogP contribution in [0.4, 0.5) is 5.82 Å². The summed E-state index contributed by atoms with van der Waals surface area (Å²) in [7, 11) is 5.61. The number of carbonyl (C=O) groups is 2. The minimum absolute atomic E-state index is 0.0216. The molecule has 3 heterocycles. The van der Waals surface area contributed by atoms with Crippen molar-refractivity contribution in [2.45, 2.75) is 38.8 Å². The molecule has 1 aliphatic heterocycles. The Kier molecular flexibility index (Phi) is 6.53. The van der Waals surface area contributed by atoms with Gasteiger partial charge in [-0.3, -0.25) is 14.6 Å². The lowest BCUT2D eigenvalue weighted by Crippen LogP contribution is -2.39. The molecule has 4 rings (SSSR count). The van der Waals surface area contributed by atoms with Crippen molar-refractivity contribution >= 4 is 28.5 Å². The van der Waals surface area contributed by atoms with E-state index >= 15 is 0 Å². The molecule has 33 heavy (non-hydrogen) atoms. The molecule has 1 aliphatic rings. The molecule has 0 unspecified atom stereocenters. The number of piperidine rings is 1. The predicted octanol–water partition coefficient (Wildman–Crippen LogP) is 3.44. The van der Waals surface area contributed by atoms with Gasteiger partial charge in [-0.25, -0.2) is 9.97 Å². The van der Waals surface area contributed by atoms with E-state index in [1.165, 1.54) is 6.92 Å². The first kappa shape index (κ1) is 22.6. The van der Waals surface area contributed by atoms with Gasteiger partial charge in [-0.2, -0.15) is 0 Å². The van der Waals surface area contributed by atoms with E-state index in [9.17, 15) is 9.59 Å². The Labute approximate surface area is 194 Å². The highest BCUT2D eigenvalue weighted by atomic mass is 16.2. The number of carbonyl (C=O) groups excluding carboxylic acids is 2. The van der Waals surface area contributed by atoms with Crippen LogP contribution in [-0.2, 0) is 11.3 Å². The SMILES string of the molecule is CC(=O)N(C)Cc1cc(N(C)C)nc([C@H]2CCCCN2C(=O)c2ccc3ncccc3c2)n1. The summed E-state index contributed by atoms with van der Waals surface area (Å²) < 4.78 is 0. The van der Waals surface area contributed by atoms with Gasteiger partial charge in [-0.05, 0) is 43.5 Å². The summed E-state index contributed by atoms with van der Waals surface area (Å²) in [6, 6.07) is 11.2. The summed E-state index contributed by atoms with van der Waals surface area (Å²) in [5.74, 6) is 1.35. The highest BCUT2D eigenvalue weighted by Gasteiger charge is 2.31. The van der Waals surface area contributed by atoms with E-state index in [0.29, 0.717) is 24.5 Å². The summed E-state index contributed by atoms with van der Waals surface area (Å²) in [6.45, 7) is 2.59. The van der Waals surface area contributed by atoms with Crippen molar-refractivity contribution in [2.24, 2.45) is 0 Å². The van der Waals surface area contributed by atoms with Gasteiger partial charge in [0.05, 0.1) is 23.8 Å². The molecule has 1 aromatic carbocycles. The molecule has 8 heteroatoms. The molecule has 3 aromatic rings. The molecule has 2 aromatic heterocycles. The smallest absolute Gasteiger partial charge is 0.254 e. The predicted molar refractivity (Wildman–Crippen MR) is 128 cm³/mol. The van der Waals surface area contributed by atoms with Gasteiger partial charge < -0.3 is 14.7 Å². The van der Waals surface area contributed by atoms with Gasteiger partial charge in [0, 0.05) is 57.8 Å². The number of fused-ring (bicyclic) bond motifs is 1. The van der Waals surface area contributed by atoms with Crippen LogP contribution in [0.3, 0.4) is 0 Å². The van der Waals surface area contributed by atoms with E-state index in [1.807, 2.05) is 60.3 Å². The van der Waals surface area contributed by atoms with Crippen LogP contribution in [0.1, 0.15) is 54.1 Å². The molecule has 1 atom stereocenters. The number of hydrogen-bond donors (Lipinski definition) is 0. The largest absolute Gasteiger partial charge is 0.363 e. The van der Waals surface area contributed by atoms with Crippen LogP contribution < -0.4 is 4.90 Å². The Bertz CT molecular complexity index is 1180. The zero-order valence-corrected chi connectivity index (χ0v) is 19.7. The Morgan fingerprint density at radius 3 is 2.67 bits per heavy atom. The second kappa shape index (κ2) is 9.52. The van der Waals surface area contributed by atoms with Crippen molar-refractivity contribution in [3.63, 3.8) is 0 Å². The lowest BCUT2D eigenvalue weighted by atomic mass is 9.99. The first-order valence-electron chi connectivity index (χ1n) is 11.3. The molecule has 8 nitrogen and oxygen atoms in total. The molecule has 0 N–H and O–H groups in total. The average Bonchev–Trinajstić information content (AvgIpc) is 2.83. The molecular formula is C25H30N6O2. The topological polar surface area (TPSA) is 82.5 Å². The number of hydrogen-bond acceptors (Lipinski definition) is 6. The number of likely N-dealkylation sites (tertiary alicyclic amines) is 1. The van der Waals surface area contributed by atoms with Gasteiger partial charge in [0.1, 0.15) is 5.82 Å². The third kappa shape index (κ3) is 4.94. The van der Waals surface area contributed by atoms with Crippen molar-refractivity contribution < 1.29 is 9.59 Å². The van der Waals surface area contributed by atoms with Crippen molar-refractivity contribution in [2.75, 3.05) is 32.6 Å². The fourth-order valence-corrected chi connectivity index (χ4v) is 4.13. The van der Waals surface area contributed by atoms with Crippen molar-refractivity contribution in [3.8, 4) is 0 Å². The van der Waals surface area contributed by atoms with Gasteiger partial charge in [0.2, 0.25) is 5.91 Å². The fraction of sp³-hybridized carbons (Fsp3) is 0.400. The third-order valence-corrected chi connectivity index (χ3v) is 6.09. The molecule has 0 bridgehead atoms. The number of benzene rings is 1. The molecule has 0 saturated carbocycles. The zero-order chi connectivity index (χ0) is 23.5. The molecule has 0 aliphatic carbocycles. The quantitative estimate of drug-likeness (QED) is 0.597. The van der Waals surface area contributed by atoms with E-state index in [0.717, 1.165) is 41.7 Å². The maximum Gasteiger partial charge on any atom is 0.254 e. The van der Waals surface area contributed by atoms with E-state index < -0.39 is 0 Å². The zero-order valence-electron chi connectivity index (χ0n) is 19.7. The van der Waals surface area contributed by atoms with E-state index in [1.54, 1.807) is 18.1 Å². The van der Waals surface area contributed by atoms with Crippen molar-refractivity contribution in [3.05, 3.63) is 59.7 Å². The second-order valence-electron chi connectivity index (χ2n) is 8.77. The first-order valence-corrected chi connectivity index (χ1v) is 11.3. The van der Waals surface area contributed by atoms with Crippen LogP contribution in [0.25, 0.3) is 10.9 Å². The summed E-state index contributed by atoms with van der Waals surface area (Å²) in [6.07, 6.45) is 4.51. The molecule has 0 spiro atoms. The van der Waals surface area contributed by atoms with Crippen LogP contribution in [0.2, 0.25) is 0 Å². The van der Waals surface area contributed by atoms with E-state index in [-0.39, 0.29) is 17.9 Å². The van der Waals surface area contributed by atoms with Gasteiger partial charge in [0.15, 0.2) is 5.82 Å². The van der Waals surface area contributed by atoms with Gasteiger partial charge >= 0.3 is 0 Å². The Morgan fingerprint density at radius 1 is 1.09 bits per heavy atom. The standard InChI is InChI=1S/C25H30N6O2/c1-17(32)30(4)16-20-15-23(29(2)3)28-24(27-20)22-9-5-6-13-31(22)25(33)19-10-11-21-18(14-19)8-7-12-26-21/h7-8,10-12,14-15,22H,5-6,9,13,16H2,1-4H3/t22-/m1/s1. The first-order chi connectivity index (χ1) is 15.8. The molecule has 172 valence electrons. The van der Waals surface area contributed by atoms with Crippen LogP contribution >= 0.6 is 0 Å². The van der Waals surface area contributed by atoms with Crippen LogP contribution in [0.5, 0.6) is 0 Å². The Balaban J connectivity index is 1.69. The number of aromatic nitrogens is 3. The highest BCUT2D eigenvalue weighted by molar-refractivity contribution is 5.98. The van der Waals surface area contributed by atoms with E-state index in [4.69, 9.17) is 9.97 Å². The molecule has 1 saturated heterocycles. The maximum absolute atomic E-state index is 13.6. The monoisotopic (exact) mass is 446 g/mol. The highest BCUT2D eigenvalue weighted by Crippen LogP contribution is 2.32. The summed E-state index contributed by atoms with van der Waals surface area (Å²) in [4.78, 5) is 44.7.